The summed E-state index contributed by atoms with van der Waals surface area (Å²) in [6, 6.07) is 35.2. The molecule has 0 amide bonds. The number of H-pyrrole nitrogens is 1. The number of aromatic amines is 1. The molecule has 3 heteroatoms. The molecule has 0 fully saturated rings. The highest BCUT2D eigenvalue weighted by atomic mass is 14.7. The van der Waals surface area contributed by atoms with Gasteiger partial charge in [-0.3, -0.25) is 9.97 Å². The minimum Gasteiger partial charge on any atom is -0.353 e. The fraction of sp³-hybridized carbons (Fsp3) is 0.227. The van der Waals surface area contributed by atoms with Crippen molar-refractivity contribution in [2.24, 2.45) is 0 Å². The van der Waals surface area contributed by atoms with Gasteiger partial charge in [-0.1, -0.05) is 108 Å². The molecule has 0 radical (unpaired) electrons. The summed E-state index contributed by atoms with van der Waals surface area (Å²) in [5.41, 5.74) is 16.3. The third-order valence-corrected chi connectivity index (χ3v) is 9.46. The van der Waals surface area contributed by atoms with Crippen LogP contribution in [0.4, 0.5) is 0 Å². The van der Waals surface area contributed by atoms with Crippen molar-refractivity contribution in [2.45, 2.75) is 66.2 Å². The van der Waals surface area contributed by atoms with E-state index < -0.39 is 0 Å². The maximum atomic E-state index is 5.16. The van der Waals surface area contributed by atoms with Crippen LogP contribution in [0.15, 0.2) is 109 Å². The van der Waals surface area contributed by atoms with Crippen molar-refractivity contribution in [1.82, 2.24) is 15.0 Å². The summed E-state index contributed by atoms with van der Waals surface area (Å²) in [6.07, 6.45) is 3.93. The summed E-state index contributed by atoms with van der Waals surface area (Å²) < 4.78 is 0. The van der Waals surface area contributed by atoms with Gasteiger partial charge in [0.25, 0.3) is 0 Å². The number of aryl methyl sites for hydroxylation is 2. The number of para-hydroxylation sites is 2. The van der Waals surface area contributed by atoms with Crippen molar-refractivity contribution in [2.75, 3.05) is 0 Å². The number of hydrogen-bond acceptors (Lipinski definition) is 2. The lowest BCUT2D eigenvalue weighted by Crippen LogP contribution is -2.18. The van der Waals surface area contributed by atoms with E-state index in [9.17, 15) is 0 Å². The highest BCUT2D eigenvalue weighted by Gasteiger charge is 2.25. The molecule has 0 saturated heterocycles. The van der Waals surface area contributed by atoms with E-state index in [1.54, 1.807) is 0 Å². The molecular weight excluding hydrogens is 571 g/mol. The van der Waals surface area contributed by atoms with Crippen molar-refractivity contribution in [3.05, 3.63) is 132 Å². The van der Waals surface area contributed by atoms with Crippen LogP contribution in [0.2, 0.25) is 0 Å². The topological polar surface area (TPSA) is 41.6 Å². The molecule has 47 heavy (non-hydrogen) atoms. The SMILES string of the molecule is Cc1cccc(C)c1-c1cc(-c2ccccn2)cc(-c2cccc3c2[nH]c2c(-c4ncc(C(C)(C)C)cc4C(C)(C)C)cccc23)c1. The first-order chi connectivity index (χ1) is 22.4. The third-order valence-electron chi connectivity index (χ3n) is 9.46. The quantitative estimate of drug-likeness (QED) is 0.215. The van der Waals surface area contributed by atoms with Crippen LogP contribution >= 0.6 is 0 Å². The zero-order chi connectivity index (χ0) is 33.1. The Morgan fingerprint density at radius 3 is 1.81 bits per heavy atom. The van der Waals surface area contributed by atoms with Crippen molar-refractivity contribution in [1.29, 1.82) is 0 Å². The molecule has 0 bridgehead atoms. The zero-order valence-corrected chi connectivity index (χ0v) is 28.8. The third kappa shape index (κ3) is 5.54. The molecule has 0 aliphatic rings. The fourth-order valence-corrected chi connectivity index (χ4v) is 6.93. The molecule has 0 aliphatic carbocycles. The number of fused-ring (bicyclic) bond motifs is 3. The lowest BCUT2D eigenvalue weighted by atomic mass is 9.79. The van der Waals surface area contributed by atoms with Crippen molar-refractivity contribution >= 4 is 21.8 Å². The molecule has 0 aliphatic heterocycles. The van der Waals surface area contributed by atoms with E-state index >= 15 is 0 Å². The lowest BCUT2D eigenvalue weighted by Gasteiger charge is -2.27. The minimum atomic E-state index is -0.0705. The molecule has 1 N–H and O–H groups in total. The van der Waals surface area contributed by atoms with E-state index in [1.165, 1.54) is 49.7 Å². The van der Waals surface area contributed by atoms with Crippen LogP contribution in [0, 0.1) is 13.8 Å². The molecule has 0 atom stereocenters. The van der Waals surface area contributed by atoms with Crippen molar-refractivity contribution < 1.29 is 0 Å². The standard InChI is InChI=1S/C44H43N3/c1-27-14-11-15-28(2)39(27)31-23-29(22-30(24-31)38-20-9-10-21-45-38)33-16-12-17-34-35-18-13-19-36(41(35)47-40(33)34)42-37(44(6,7)8)25-32(26-46-42)43(3,4)5/h9-26,47H,1-8H3. The van der Waals surface area contributed by atoms with Gasteiger partial charge in [0.2, 0.25) is 0 Å². The van der Waals surface area contributed by atoms with Gasteiger partial charge in [0.1, 0.15) is 0 Å². The van der Waals surface area contributed by atoms with Crippen LogP contribution < -0.4 is 0 Å². The van der Waals surface area contributed by atoms with Crippen LogP contribution in [-0.2, 0) is 10.8 Å². The Morgan fingerprint density at radius 2 is 1.17 bits per heavy atom. The number of aromatic nitrogens is 3. The Morgan fingerprint density at radius 1 is 0.553 bits per heavy atom. The average Bonchev–Trinajstić information content (AvgIpc) is 3.43. The van der Waals surface area contributed by atoms with E-state index in [2.05, 4.69) is 158 Å². The summed E-state index contributed by atoms with van der Waals surface area (Å²) in [7, 11) is 0. The second-order valence-electron chi connectivity index (χ2n) is 15.0. The first-order valence-electron chi connectivity index (χ1n) is 16.6. The molecule has 0 saturated carbocycles. The van der Waals surface area contributed by atoms with Gasteiger partial charge in [0.05, 0.1) is 22.4 Å². The Bertz CT molecular complexity index is 2250. The number of hydrogen-bond donors (Lipinski definition) is 1. The molecule has 4 aromatic carbocycles. The van der Waals surface area contributed by atoms with Gasteiger partial charge in [-0.2, -0.15) is 0 Å². The summed E-state index contributed by atoms with van der Waals surface area (Å²) in [5.74, 6) is 0. The number of rotatable bonds is 4. The lowest BCUT2D eigenvalue weighted by molar-refractivity contribution is 0.565. The van der Waals surface area contributed by atoms with Gasteiger partial charge in [-0.05, 0) is 94.0 Å². The van der Waals surface area contributed by atoms with Gasteiger partial charge in [-0.25, -0.2) is 0 Å². The van der Waals surface area contributed by atoms with Crippen LogP contribution in [-0.4, -0.2) is 15.0 Å². The summed E-state index contributed by atoms with van der Waals surface area (Å²) >= 11 is 0. The van der Waals surface area contributed by atoms with Gasteiger partial charge >= 0.3 is 0 Å². The number of nitrogens with one attached hydrogen (secondary N) is 1. The molecule has 3 nitrogen and oxygen atoms in total. The Hall–Kier alpha value is -5.02. The van der Waals surface area contributed by atoms with Crippen LogP contribution in [0.3, 0.4) is 0 Å². The molecule has 3 heterocycles. The second kappa shape index (κ2) is 11.3. The maximum Gasteiger partial charge on any atom is 0.0760 e. The predicted octanol–water partition coefficient (Wildman–Crippen LogP) is 12.0. The van der Waals surface area contributed by atoms with Crippen molar-refractivity contribution in [3.8, 4) is 44.8 Å². The summed E-state index contributed by atoms with van der Waals surface area (Å²) in [4.78, 5) is 13.8. The summed E-state index contributed by atoms with van der Waals surface area (Å²) in [6.45, 7) is 18.0. The minimum absolute atomic E-state index is 0.0209. The number of pyridine rings is 2. The van der Waals surface area contributed by atoms with E-state index in [4.69, 9.17) is 9.97 Å². The Kier molecular flexibility index (Phi) is 7.39. The highest BCUT2D eigenvalue weighted by Crippen LogP contribution is 2.42. The van der Waals surface area contributed by atoms with Crippen LogP contribution in [0.5, 0.6) is 0 Å². The molecule has 3 aromatic heterocycles. The van der Waals surface area contributed by atoms with E-state index in [0.717, 1.165) is 39.1 Å². The molecule has 234 valence electrons. The fourth-order valence-electron chi connectivity index (χ4n) is 6.93. The maximum absolute atomic E-state index is 5.16. The monoisotopic (exact) mass is 613 g/mol. The normalized spacial score (nSPS) is 12.3. The number of benzene rings is 4. The Balaban J connectivity index is 1.48. The summed E-state index contributed by atoms with van der Waals surface area (Å²) in [5, 5.41) is 2.41. The van der Waals surface area contributed by atoms with Gasteiger partial charge in [-0.15, -0.1) is 0 Å². The van der Waals surface area contributed by atoms with Crippen LogP contribution in [0.25, 0.3) is 66.6 Å². The van der Waals surface area contributed by atoms with Crippen LogP contribution in [0.1, 0.15) is 63.8 Å². The molecule has 7 rings (SSSR count). The first kappa shape index (κ1) is 30.6. The van der Waals surface area contributed by atoms with Gasteiger partial charge in [0, 0.05) is 39.9 Å². The second-order valence-corrected chi connectivity index (χ2v) is 15.0. The van der Waals surface area contributed by atoms with Gasteiger partial charge < -0.3 is 4.98 Å². The van der Waals surface area contributed by atoms with E-state index in [0.29, 0.717) is 0 Å². The highest BCUT2D eigenvalue weighted by molar-refractivity contribution is 6.15. The Labute approximate surface area is 278 Å². The molecule has 0 unspecified atom stereocenters. The largest absolute Gasteiger partial charge is 0.353 e. The smallest absolute Gasteiger partial charge is 0.0760 e. The van der Waals surface area contributed by atoms with E-state index in [-0.39, 0.29) is 10.8 Å². The number of nitrogens with zero attached hydrogens (tertiary/aromatic N) is 2. The predicted molar refractivity (Wildman–Crippen MR) is 200 cm³/mol. The first-order valence-corrected chi connectivity index (χ1v) is 16.6. The van der Waals surface area contributed by atoms with Crippen molar-refractivity contribution in [3.63, 3.8) is 0 Å². The van der Waals surface area contributed by atoms with Gasteiger partial charge in [0.15, 0.2) is 0 Å². The zero-order valence-electron chi connectivity index (χ0n) is 28.8. The molecule has 7 aromatic rings. The average molecular weight is 614 g/mol. The van der Waals surface area contributed by atoms with E-state index in [1.807, 2.05) is 12.3 Å². The molecular formula is C44H43N3. The molecule has 0 spiro atoms.